The van der Waals surface area contributed by atoms with Gasteiger partial charge in [-0.15, -0.1) is 0 Å². The average molecular weight is 241 g/mol. The number of rotatable bonds is 5. The molecule has 1 aromatic rings. The highest BCUT2D eigenvalue weighted by Gasteiger charge is 2.18. The normalized spacial score (nSPS) is 12.1. The van der Waals surface area contributed by atoms with Gasteiger partial charge >= 0.3 is 0 Å². The van der Waals surface area contributed by atoms with Gasteiger partial charge in [0.1, 0.15) is 0 Å². The van der Waals surface area contributed by atoms with E-state index in [0.717, 1.165) is 6.42 Å². The lowest BCUT2D eigenvalue weighted by atomic mass is 10.1. The van der Waals surface area contributed by atoms with Crippen molar-refractivity contribution in [3.63, 3.8) is 0 Å². The Morgan fingerprint density at radius 2 is 2.44 bits per heavy atom. The second-order valence-electron chi connectivity index (χ2n) is 3.55. The maximum absolute atomic E-state index is 11.7. The van der Waals surface area contributed by atoms with Gasteiger partial charge in [-0.3, -0.25) is 4.79 Å². The lowest BCUT2D eigenvalue weighted by Gasteiger charge is -2.15. The number of carbonyl (C=O) groups is 1. The van der Waals surface area contributed by atoms with Crippen molar-refractivity contribution in [1.82, 2.24) is 10.5 Å². The Kier molecular flexibility index (Phi) is 4.42. The van der Waals surface area contributed by atoms with Crippen LogP contribution in [0, 0.1) is 6.92 Å². The van der Waals surface area contributed by atoms with Crippen molar-refractivity contribution in [2.75, 3.05) is 0 Å². The zero-order valence-corrected chi connectivity index (χ0v) is 10.1. The molecule has 0 aliphatic heterocycles. The number of nitrogens with two attached hydrogens (primary N) is 1. The van der Waals surface area contributed by atoms with Crippen LogP contribution in [0.5, 0.6) is 0 Å². The molecule has 5 nitrogen and oxygen atoms in total. The van der Waals surface area contributed by atoms with Crippen LogP contribution in [-0.2, 0) is 0 Å². The number of amides is 1. The van der Waals surface area contributed by atoms with Crippen molar-refractivity contribution >= 4 is 23.1 Å². The van der Waals surface area contributed by atoms with Crippen LogP contribution >= 0.6 is 12.2 Å². The van der Waals surface area contributed by atoms with Gasteiger partial charge in [-0.25, -0.2) is 0 Å². The number of nitrogens with one attached hydrogen (secondary N) is 1. The fraction of sp³-hybridized carbons (Fsp3) is 0.500. The summed E-state index contributed by atoms with van der Waals surface area (Å²) in [6.45, 7) is 3.74. The van der Waals surface area contributed by atoms with Crippen molar-refractivity contribution < 1.29 is 9.32 Å². The van der Waals surface area contributed by atoms with E-state index >= 15 is 0 Å². The quantitative estimate of drug-likeness (QED) is 0.756. The molecule has 0 saturated heterocycles. The summed E-state index contributed by atoms with van der Waals surface area (Å²) in [6.07, 6.45) is 1.60. The molecule has 1 heterocycles. The van der Waals surface area contributed by atoms with Gasteiger partial charge in [0.2, 0.25) is 5.76 Å². The third kappa shape index (κ3) is 3.30. The SMILES string of the molecule is CCCC(NC(=O)c1cc(C)no1)C(N)=S. The Hall–Kier alpha value is -1.43. The molecule has 3 N–H and O–H groups in total. The summed E-state index contributed by atoms with van der Waals surface area (Å²) in [4.78, 5) is 12.0. The van der Waals surface area contributed by atoms with Crippen molar-refractivity contribution in [3.8, 4) is 0 Å². The molecule has 0 bridgehead atoms. The zero-order valence-electron chi connectivity index (χ0n) is 9.32. The van der Waals surface area contributed by atoms with Gasteiger partial charge in [0.25, 0.3) is 5.91 Å². The average Bonchev–Trinajstić information content (AvgIpc) is 2.64. The fourth-order valence-electron chi connectivity index (χ4n) is 1.27. The molecular weight excluding hydrogens is 226 g/mol. The molecule has 16 heavy (non-hydrogen) atoms. The number of nitrogens with zero attached hydrogens (tertiary/aromatic N) is 1. The molecule has 0 aliphatic carbocycles. The minimum absolute atomic E-state index is 0.176. The van der Waals surface area contributed by atoms with Gasteiger partial charge in [-0.1, -0.05) is 30.7 Å². The Bertz CT molecular complexity index is 389. The van der Waals surface area contributed by atoms with Crippen LogP contribution in [0.4, 0.5) is 0 Å². The summed E-state index contributed by atoms with van der Waals surface area (Å²) < 4.78 is 4.84. The van der Waals surface area contributed by atoms with Gasteiger partial charge in [0.05, 0.1) is 16.7 Å². The van der Waals surface area contributed by atoms with Crippen LogP contribution in [0.2, 0.25) is 0 Å². The summed E-state index contributed by atoms with van der Waals surface area (Å²) in [5.41, 5.74) is 6.18. The molecule has 0 aliphatic rings. The molecule has 1 amide bonds. The highest BCUT2D eigenvalue weighted by Crippen LogP contribution is 2.04. The van der Waals surface area contributed by atoms with Crippen molar-refractivity contribution in [1.29, 1.82) is 0 Å². The Labute approximate surface area is 99.4 Å². The maximum atomic E-state index is 11.7. The minimum Gasteiger partial charge on any atom is -0.392 e. The number of carbonyl (C=O) groups excluding carboxylic acids is 1. The summed E-state index contributed by atoms with van der Waals surface area (Å²) in [7, 11) is 0. The molecule has 1 atom stereocenters. The van der Waals surface area contributed by atoms with Crippen LogP contribution in [0.3, 0.4) is 0 Å². The molecule has 1 unspecified atom stereocenters. The fourth-order valence-corrected chi connectivity index (χ4v) is 1.45. The largest absolute Gasteiger partial charge is 0.392 e. The first kappa shape index (κ1) is 12.6. The van der Waals surface area contributed by atoms with Crippen molar-refractivity contribution in [3.05, 3.63) is 17.5 Å². The van der Waals surface area contributed by atoms with E-state index < -0.39 is 0 Å². The summed E-state index contributed by atoms with van der Waals surface area (Å²) in [5, 5.41) is 6.34. The van der Waals surface area contributed by atoms with E-state index in [9.17, 15) is 4.79 Å². The molecular formula is C10H15N3O2S. The van der Waals surface area contributed by atoms with Crippen LogP contribution in [0.25, 0.3) is 0 Å². The van der Waals surface area contributed by atoms with Gasteiger partial charge in [-0.2, -0.15) is 0 Å². The first-order valence-corrected chi connectivity index (χ1v) is 5.49. The second kappa shape index (κ2) is 5.60. The summed E-state index contributed by atoms with van der Waals surface area (Å²) >= 11 is 4.87. The number of thiocarbonyl (C=S) groups is 1. The number of hydrogen-bond donors (Lipinski definition) is 2. The van der Waals surface area contributed by atoms with E-state index in [0.29, 0.717) is 12.1 Å². The van der Waals surface area contributed by atoms with E-state index in [1.54, 1.807) is 13.0 Å². The second-order valence-corrected chi connectivity index (χ2v) is 4.02. The number of hydrogen-bond acceptors (Lipinski definition) is 4. The van der Waals surface area contributed by atoms with Crippen LogP contribution in [0.1, 0.15) is 36.0 Å². The Morgan fingerprint density at radius 3 is 2.88 bits per heavy atom. The van der Waals surface area contributed by atoms with Crippen LogP contribution in [0.15, 0.2) is 10.6 Å². The highest BCUT2D eigenvalue weighted by molar-refractivity contribution is 7.80. The van der Waals surface area contributed by atoms with E-state index in [1.807, 2.05) is 6.92 Å². The van der Waals surface area contributed by atoms with Crippen molar-refractivity contribution in [2.24, 2.45) is 5.73 Å². The lowest BCUT2D eigenvalue weighted by molar-refractivity contribution is 0.0908. The van der Waals surface area contributed by atoms with Gasteiger partial charge in [0, 0.05) is 6.07 Å². The third-order valence-electron chi connectivity index (χ3n) is 2.08. The van der Waals surface area contributed by atoms with Gasteiger partial charge in [-0.05, 0) is 13.3 Å². The Morgan fingerprint density at radius 1 is 1.75 bits per heavy atom. The van der Waals surface area contributed by atoms with E-state index in [2.05, 4.69) is 10.5 Å². The summed E-state index contributed by atoms with van der Waals surface area (Å²) in [6, 6.07) is 1.27. The molecule has 88 valence electrons. The van der Waals surface area contributed by atoms with E-state index in [4.69, 9.17) is 22.5 Å². The standard InChI is InChI=1S/C10H15N3O2S/c1-3-4-7(9(11)16)12-10(14)8-5-6(2)13-15-8/h5,7H,3-4H2,1-2H3,(H2,11,16)(H,12,14). The predicted octanol–water partition coefficient (Wildman–Crippen LogP) is 1.17. The number of aromatic nitrogens is 1. The number of aryl methyl sites for hydroxylation is 1. The minimum atomic E-state index is -0.341. The van der Waals surface area contributed by atoms with Gasteiger partial charge in [0.15, 0.2) is 0 Å². The van der Waals surface area contributed by atoms with Gasteiger partial charge < -0.3 is 15.6 Å². The summed E-state index contributed by atoms with van der Waals surface area (Å²) in [5.74, 6) is -0.165. The molecule has 0 aromatic carbocycles. The first-order valence-electron chi connectivity index (χ1n) is 5.08. The highest BCUT2D eigenvalue weighted by atomic mass is 32.1. The zero-order chi connectivity index (χ0) is 12.1. The molecule has 1 aromatic heterocycles. The van der Waals surface area contributed by atoms with E-state index in [1.165, 1.54) is 0 Å². The van der Waals surface area contributed by atoms with Crippen molar-refractivity contribution in [2.45, 2.75) is 32.7 Å². The molecule has 0 radical (unpaired) electrons. The van der Waals surface area contributed by atoms with E-state index in [-0.39, 0.29) is 22.7 Å². The molecule has 1 rings (SSSR count). The first-order chi connectivity index (χ1) is 7.54. The topological polar surface area (TPSA) is 81.2 Å². The molecule has 0 saturated carbocycles. The van der Waals surface area contributed by atoms with Crippen LogP contribution < -0.4 is 11.1 Å². The monoisotopic (exact) mass is 241 g/mol. The lowest BCUT2D eigenvalue weighted by Crippen LogP contribution is -2.43. The van der Waals surface area contributed by atoms with Crippen LogP contribution in [-0.4, -0.2) is 22.1 Å². The predicted molar refractivity (Wildman–Crippen MR) is 64.2 cm³/mol. The molecule has 6 heteroatoms. The Balaban J connectivity index is 2.65. The maximum Gasteiger partial charge on any atom is 0.290 e. The smallest absolute Gasteiger partial charge is 0.290 e. The molecule has 0 fully saturated rings. The third-order valence-corrected chi connectivity index (χ3v) is 2.36. The molecule has 0 spiro atoms.